The third-order valence-electron chi connectivity index (χ3n) is 4.88. The van der Waals surface area contributed by atoms with E-state index in [0.29, 0.717) is 16.1 Å². The molecule has 0 radical (unpaired) electrons. The van der Waals surface area contributed by atoms with Gasteiger partial charge in [-0.25, -0.2) is 8.42 Å². The highest BCUT2D eigenvalue weighted by atomic mass is 35.5. The van der Waals surface area contributed by atoms with E-state index >= 15 is 0 Å². The van der Waals surface area contributed by atoms with Crippen LogP contribution in [-0.4, -0.2) is 54.7 Å². The summed E-state index contributed by atoms with van der Waals surface area (Å²) in [5.74, 6) is -0.217. The first kappa shape index (κ1) is 20.1. The van der Waals surface area contributed by atoms with E-state index in [1.165, 1.54) is 10.4 Å². The average Bonchev–Trinajstić information content (AvgIpc) is 2.73. The number of nitrogens with zero attached hydrogens (tertiary/aromatic N) is 3. The Labute approximate surface area is 178 Å². The summed E-state index contributed by atoms with van der Waals surface area (Å²) in [7, 11) is -3.72. The van der Waals surface area contributed by atoms with Crippen LogP contribution in [0.15, 0.2) is 59.6 Å². The van der Waals surface area contributed by atoms with Gasteiger partial charge < -0.3 is 4.90 Å². The molecule has 6 nitrogen and oxygen atoms in total. The van der Waals surface area contributed by atoms with E-state index in [1.54, 1.807) is 47.5 Å². The summed E-state index contributed by atoms with van der Waals surface area (Å²) in [6.07, 6.45) is 1.63. The van der Waals surface area contributed by atoms with Crippen LogP contribution in [0.1, 0.15) is 10.4 Å². The number of aromatic nitrogens is 1. The second-order valence-corrected chi connectivity index (χ2v) is 9.41. The van der Waals surface area contributed by atoms with Crippen LogP contribution in [0.3, 0.4) is 0 Å². The summed E-state index contributed by atoms with van der Waals surface area (Å²) in [5, 5.41) is 1.42. The zero-order chi connectivity index (χ0) is 20.6. The minimum absolute atomic E-state index is 0.0754. The molecule has 1 amide bonds. The number of fused-ring (bicyclic) bond motifs is 1. The van der Waals surface area contributed by atoms with Crippen molar-refractivity contribution in [1.29, 1.82) is 0 Å². The van der Waals surface area contributed by atoms with Crippen LogP contribution in [0.4, 0.5) is 0 Å². The molecule has 150 valence electrons. The molecule has 1 fully saturated rings. The molecule has 29 heavy (non-hydrogen) atoms. The number of sulfonamides is 1. The monoisotopic (exact) mass is 449 g/mol. The maximum atomic E-state index is 13.1. The van der Waals surface area contributed by atoms with E-state index in [2.05, 4.69) is 4.98 Å². The highest BCUT2D eigenvalue weighted by molar-refractivity contribution is 7.89. The largest absolute Gasteiger partial charge is 0.336 e. The number of piperazine rings is 1. The molecule has 0 N–H and O–H groups in total. The molecule has 0 spiro atoms. The molecule has 9 heteroatoms. The van der Waals surface area contributed by atoms with Crippen molar-refractivity contribution >= 4 is 50.0 Å². The average molecular weight is 450 g/mol. The normalized spacial score (nSPS) is 15.6. The van der Waals surface area contributed by atoms with E-state index in [4.69, 9.17) is 23.2 Å². The molecule has 2 heterocycles. The number of hydrogen-bond donors (Lipinski definition) is 0. The molecular weight excluding hydrogens is 433 g/mol. The highest BCUT2D eigenvalue weighted by Gasteiger charge is 2.32. The number of carbonyl (C=O) groups is 1. The van der Waals surface area contributed by atoms with Crippen LogP contribution >= 0.6 is 23.2 Å². The number of pyridine rings is 1. The maximum Gasteiger partial charge on any atom is 0.256 e. The fourth-order valence-electron chi connectivity index (χ4n) is 3.41. The SMILES string of the molecule is O=C(c1cc(Cl)cc2cccnc12)N1CCN(S(=O)(=O)c2ccccc2Cl)CC1. The van der Waals surface area contributed by atoms with E-state index in [1.807, 2.05) is 6.07 Å². The van der Waals surface area contributed by atoms with E-state index in [9.17, 15) is 13.2 Å². The Kier molecular flexibility index (Phi) is 5.48. The topological polar surface area (TPSA) is 70.6 Å². The quantitative estimate of drug-likeness (QED) is 0.611. The molecule has 0 atom stereocenters. The number of halogens is 2. The molecule has 0 saturated carbocycles. The van der Waals surface area contributed by atoms with Crippen molar-refractivity contribution in [3.8, 4) is 0 Å². The Morgan fingerprint density at radius 1 is 0.966 bits per heavy atom. The molecule has 0 bridgehead atoms. The number of benzene rings is 2. The van der Waals surface area contributed by atoms with Crippen LogP contribution in [0.25, 0.3) is 10.9 Å². The second kappa shape index (κ2) is 7.91. The van der Waals surface area contributed by atoms with Crippen LogP contribution in [-0.2, 0) is 10.0 Å². The fourth-order valence-corrected chi connectivity index (χ4v) is 5.56. The summed E-state index contributed by atoms with van der Waals surface area (Å²) in [6.45, 7) is 0.906. The van der Waals surface area contributed by atoms with Crippen molar-refractivity contribution in [3.63, 3.8) is 0 Å². The van der Waals surface area contributed by atoms with Crippen molar-refractivity contribution in [1.82, 2.24) is 14.2 Å². The smallest absolute Gasteiger partial charge is 0.256 e. The first-order chi connectivity index (χ1) is 13.9. The standard InChI is InChI=1S/C20H17Cl2N3O3S/c21-15-12-14-4-3-7-23-19(14)16(13-15)20(26)24-8-10-25(11-9-24)29(27,28)18-6-2-1-5-17(18)22/h1-7,12-13H,8-11H2. The molecule has 1 aliphatic rings. The lowest BCUT2D eigenvalue weighted by molar-refractivity contribution is 0.0699. The molecule has 4 rings (SSSR count). The van der Waals surface area contributed by atoms with Crippen LogP contribution in [0.2, 0.25) is 10.0 Å². The lowest BCUT2D eigenvalue weighted by Crippen LogP contribution is -2.50. The Hall–Kier alpha value is -2.19. The minimum atomic E-state index is -3.72. The van der Waals surface area contributed by atoms with Crippen molar-refractivity contribution in [3.05, 3.63) is 70.3 Å². The molecule has 1 aliphatic heterocycles. The molecular formula is C20H17Cl2N3O3S. The van der Waals surface area contributed by atoms with Crippen molar-refractivity contribution in [2.75, 3.05) is 26.2 Å². The van der Waals surface area contributed by atoms with Crippen molar-refractivity contribution in [2.24, 2.45) is 0 Å². The van der Waals surface area contributed by atoms with Crippen LogP contribution < -0.4 is 0 Å². The van der Waals surface area contributed by atoms with Gasteiger partial charge in [-0.1, -0.05) is 41.4 Å². The van der Waals surface area contributed by atoms with Crippen LogP contribution in [0.5, 0.6) is 0 Å². The summed E-state index contributed by atoms with van der Waals surface area (Å²) in [4.78, 5) is 19.1. The number of carbonyl (C=O) groups excluding carboxylic acids is 1. The van der Waals surface area contributed by atoms with Gasteiger partial charge in [0.15, 0.2) is 0 Å². The number of rotatable bonds is 3. The van der Waals surface area contributed by atoms with Gasteiger partial charge in [-0.2, -0.15) is 4.31 Å². The molecule has 2 aromatic carbocycles. The van der Waals surface area contributed by atoms with Gasteiger partial charge in [0.1, 0.15) is 4.90 Å². The van der Waals surface area contributed by atoms with Crippen LogP contribution in [0, 0.1) is 0 Å². The van der Waals surface area contributed by atoms with Gasteiger partial charge in [0, 0.05) is 42.8 Å². The van der Waals surface area contributed by atoms with E-state index in [-0.39, 0.29) is 42.0 Å². The minimum Gasteiger partial charge on any atom is -0.336 e. The molecule has 0 aliphatic carbocycles. The van der Waals surface area contributed by atoms with Crippen molar-refractivity contribution < 1.29 is 13.2 Å². The Bertz CT molecular complexity index is 1190. The van der Waals surface area contributed by atoms with Gasteiger partial charge in [0.05, 0.1) is 16.1 Å². The van der Waals surface area contributed by atoms with Gasteiger partial charge in [0.2, 0.25) is 10.0 Å². The van der Waals surface area contributed by atoms with Gasteiger partial charge in [0.25, 0.3) is 5.91 Å². The van der Waals surface area contributed by atoms with Gasteiger partial charge in [-0.05, 0) is 30.3 Å². The zero-order valence-electron chi connectivity index (χ0n) is 15.3. The molecule has 3 aromatic rings. The van der Waals surface area contributed by atoms with E-state index in [0.717, 1.165) is 5.39 Å². The summed E-state index contributed by atoms with van der Waals surface area (Å²) < 4.78 is 27.1. The lowest BCUT2D eigenvalue weighted by atomic mass is 10.1. The van der Waals surface area contributed by atoms with Gasteiger partial charge in [-0.15, -0.1) is 0 Å². The number of amides is 1. The Balaban J connectivity index is 1.55. The summed E-state index contributed by atoms with van der Waals surface area (Å²) in [5.41, 5.74) is 0.989. The van der Waals surface area contributed by atoms with E-state index < -0.39 is 10.0 Å². The molecule has 1 aromatic heterocycles. The predicted molar refractivity (Wildman–Crippen MR) is 113 cm³/mol. The first-order valence-corrected chi connectivity index (χ1v) is 11.2. The second-order valence-electron chi connectivity index (χ2n) is 6.66. The van der Waals surface area contributed by atoms with Gasteiger partial charge >= 0.3 is 0 Å². The Morgan fingerprint density at radius 2 is 1.69 bits per heavy atom. The summed E-state index contributed by atoms with van der Waals surface area (Å²) >= 11 is 12.2. The maximum absolute atomic E-state index is 13.1. The zero-order valence-corrected chi connectivity index (χ0v) is 17.6. The van der Waals surface area contributed by atoms with Gasteiger partial charge in [-0.3, -0.25) is 9.78 Å². The third-order valence-corrected chi connectivity index (χ3v) is 7.50. The lowest BCUT2D eigenvalue weighted by Gasteiger charge is -2.34. The molecule has 1 saturated heterocycles. The highest BCUT2D eigenvalue weighted by Crippen LogP contribution is 2.27. The fraction of sp³-hybridized carbons (Fsp3) is 0.200. The summed E-state index contributed by atoms with van der Waals surface area (Å²) in [6, 6.07) is 13.3. The number of hydrogen-bond acceptors (Lipinski definition) is 4. The predicted octanol–water partition coefficient (Wildman–Crippen LogP) is 3.69. The Morgan fingerprint density at radius 3 is 2.41 bits per heavy atom. The first-order valence-electron chi connectivity index (χ1n) is 8.96. The molecule has 0 unspecified atom stereocenters. The van der Waals surface area contributed by atoms with Crippen molar-refractivity contribution in [2.45, 2.75) is 4.90 Å². The third kappa shape index (κ3) is 3.83.